The number of nitrogens with one attached hydrogen (secondary N) is 1. The first-order valence-electron chi connectivity index (χ1n) is 5.73. The lowest BCUT2D eigenvalue weighted by atomic mass is 10.1. The van der Waals surface area contributed by atoms with E-state index in [9.17, 15) is 9.59 Å². The Kier molecular flexibility index (Phi) is 2.64. The maximum atomic E-state index is 11.8. The van der Waals surface area contributed by atoms with Crippen LogP contribution in [0.1, 0.15) is 12.8 Å². The van der Waals surface area contributed by atoms with E-state index in [1.165, 1.54) is 5.06 Å². The topological polar surface area (TPSA) is 67.9 Å². The van der Waals surface area contributed by atoms with Crippen molar-refractivity contribution < 1.29 is 19.2 Å². The molecule has 6 nitrogen and oxygen atoms in total. The SMILES string of the molecule is O=C1CCC(N2OCOc3ccccc32)C(=O)N1. The third-order valence-electron chi connectivity index (χ3n) is 3.00. The highest BCUT2D eigenvalue weighted by Gasteiger charge is 2.35. The van der Waals surface area contributed by atoms with Gasteiger partial charge in [-0.25, -0.2) is 9.90 Å². The molecule has 2 amide bonds. The zero-order valence-corrected chi connectivity index (χ0v) is 9.59. The second kappa shape index (κ2) is 4.30. The lowest BCUT2D eigenvalue weighted by Gasteiger charge is -2.36. The lowest BCUT2D eigenvalue weighted by molar-refractivity contribution is -0.137. The number of anilines is 1. The molecule has 0 spiro atoms. The van der Waals surface area contributed by atoms with Crippen molar-refractivity contribution in [3.63, 3.8) is 0 Å². The third-order valence-corrected chi connectivity index (χ3v) is 3.00. The van der Waals surface area contributed by atoms with Crippen molar-refractivity contribution in [3.05, 3.63) is 24.3 Å². The predicted molar refractivity (Wildman–Crippen MR) is 61.7 cm³/mol. The first kappa shape index (κ1) is 11.0. The van der Waals surface area contributed by atoms with Crippen molar-refractivity contribution in [1.29, 1.82) is 0 Å². The summed E-state index contributed by atoms with van der Waals surface area (Å²) in [6, 6.07) is 6.84. The number of hydrogen-bond donors (Lipinski definition) is 1. The Morgan fingerprint density at radius 3 is 2.94 bits per heavy atom. The summed E-state index contributed by atoms with van der Waals surface area (Å²) in [5.74, 6) is 0.106. The molecule has 0 bridgehead atoms. The van der Waals surface area contributed by atoms with Crippen LogP contribution >= 0.6 is 0 Å². The van der Waals surface area contributed by atoms with Gasteiger partial charge in [-0.2, -0.15) is 0 Å². The molecule has 1 saturated heterocycles. The summed E-state index contributed by atoms with van der Waals surface area (Å²) in [6.45, 7) is 0.0642. The van der Waals surface area contributed by atoms with Crippen LogP contribution in [0.5, 0.6) is 5.75 Å². The first-order chi connectivity index (χ1) is 8.75. The molecule has 3 rings (SSSR count). The van der Waals surface area contributed by atoms with E-state index in [1.807, 2.05) is 24.3 Å². The van der Waals surface area contributed by atoms with Crippen LogP contribution in [0.15, 0.2) is 24.3 Å². The number of amides is 2. The van der Waals surface area contributed by atoms with Gasteiger partial charge in [0.1, 0.15) is 17.5 Å². The number of ether oxygens (including phenoxy) is 1. The fraction of sp³-hybridized carbons (Fsp3) is 0.333. The quantitative estimate of drug-likeness (QED) is 0.736. The second-order valence-corrected chi connectivity index (χ2v) is 4.15. The number of piperidine rings is 1. The van der Waals surface area contributed by atoms with E-state index in [-0.39, 0.29) is 18.6 Å². The molecule has 0 saturated carbocycles. The number of rotatable bonds is 1. The minimum Gasteiger partial charge on any atom is -0.463 e. The van der Waals surface area contributed by atoms with Gasteiger partial charge in [0.2, 0.25) is 12.7 Å². The highest BCUT2D eigenvalue weighted by molar-refractivity contribution is 6.01. The summed E-state index contributed by atoms with van der Waals surface area (Å²) in [5, 5.41) is 3.85. The van der Waals surface area contributed by atoms with E-state index in [0.717, 1.165) is 0 Å². The molecule has 1 N–H and O–H groups in total. The first-order valence-corrected chi connectivity index (χ1v) is 5.73. The minimum atomic E-state index is -0.493. The number of carbonyl (C=O) groups excluding carboxylic acids is 2. The van der Waals surface area contributed by atoms with Crippen molar-refractivity contribution in [2.75, 3.05) is 11.9 Å². The van der Waals surface area contributed by atoms with Crippen molar-refractivity contribution in [2.24, 2.45) is 0 Å². The van der Waals surface area contributed by atoms with Crippen LogP contribution in [-0.2, 0) is 14.4 Å². The van der Waals surface area contributed by atoms with Gasteiger partial charge in [0, 0.05) is 6.42 Å². The standard InChI is InChI=1S/C12H12N2O4/c15-11-6-5-9(12(16)13-11)14-8-3-1-2-4-10(8)17-7-18-14/h1-4,9H,5-7H2,(H,13,15,16). The van der Waals surface area contributed by atoms with Gasteiger partial charge in [-0.15, -0.1) is 0 Å². The number of hydrogen-bond acceptors (Lipinski definition) is 5. The predicted octanol–water partition coefficient (Wildman–Crippen LogP) is 0.580. The number of hydroxylamine groups is 1. The van der Waals surface area contributed by atoms with Crippen LogP contribution in [-0.4, -0.2) is 24.6 Å². The molecule has 6 heteroatoms. The van der Waals surface area contributed by atoms with Crippen LogP contribution in [0.3, 0.4) is 0 Å². The van der Waals surface area contributed by atoms with Crippen LogP contribution in [0.2, 0.25) is 0 Å². The maximum absolute atomic E-state index is 11.8. The number of para-hydroxylation sites is 2. The highest BCUT2D eigenvalue weighted by Crippen LogP contribution is 2.34. The zero-order chi connectivity index (χ0) is 12.5. The summed E-state index contributed by atoms with van der Waals surface area (Å²) >= 11 is 0. The Morgan fingerprint density at radius 2 is 2.11 bits per heavy atom. The van der Waals surface area contributed by atoms with Crippen molar-refractivity contribution in [1.82, 2.24) is 5.32 Å². The van der Waals surface area contributed by atoms with Gasteiger partial charge in [-0.05, 0) is 18.6 Å². The van der Waals surface area contributed by atoms with Gasteiger partial charge in [-0.3, -0.25) is 14.9 Å². The average molecular weight is 248 g/mol. The number of nitrogens with zero attached hydrogens (tertiary/aromatic N) is 1. The van der Waals surface area contributed by atoms with Gasteiger partial charge in [0.25, 0.3) is 5.91 Å². The molecule has 0 aromatic heterocycles. The average Bonchev–Trinajstić information content (AvgIpc) is 2.38. The largest absolute Gasteiger partial charge is 0.463 e. The normalized spacial score (nSPS) is 23.1. The molecule has 1 aromatic rings. The van der Waals surface area contributed by atoms with E-state index in [4.69, 9.17) is 9.57 Å². The maximum Gasteiger partial charge on any atom is 0.251 e. The van der Waals surface area contributed by atoms with Crippen LogP contribution in [0.25, 0.3) is 0 Å². The van der Waals surface area contributed by atoms with Gasteiger partial charge in [0.15, 0.2) is 0 Å². The second-order valence-electron chi connectivity index (χ2n) is 4.15. The molecule has 2 heterocycles. The zero-order valence-electron chi connectivity index (χ0n) is 9.59. The van der Waals surface area contributed by atoms with Crippen LogP contribution in [0, 0.1) is 0 Å². The van der Waals surface area contributed by atoms with Gasteiger partial charge in [-0.1, -0.05) is 12.1 Å². The molecule has 1 fully saturated rings. The Bertz CT molecular complexity index is 503. The summed E-state index contributed by atoms with van der Waals surface area (Å²) in [5.41, 5.74) is 0.707. The number of carbonyl (C=O) groups is 2. The summed E-state index contributed by atoms with van der Waals surface area (Å²) in [6.07, 6.45) is 0.762. The monoisotopic (exact) mass is 248 g/mol. The molecule has 2 aliphatic rings. The molecule has 1 aromatic carbocycles. The Hall–Kier alpha value is -2.08. The van der Waals surface area contributed by atoms with Gasteiger partial charge < -0.3 is 4.74 Å². The van der Waals surface area contributed by atoms with E-state index >= 15 is 0 Å². The summed E-state index contributed by atoms with van der Waals surface area (Å²) in [7, 11) is 0. The Balaban J connectivity index is 1.89. The molecule has 18 heavy (non-hydrogen) atoms. The summed E-state index contributed by atoms with van der Waals surface area (Å²) in [4.78, 5) is 28.3. The van der Waals surface area contributed by atoms with Crippen molar-refractivity contribution >= 4 is 17.5 Å². The Labute approximate surface area is 103 Å². The van der Waals surface area contributed by atoms with E-state index in [1.54, 1.807) is 0 Å². The highest BCUT2D eigenvalue weighted by atomic mass is 16.8. The minimum absolute atomic E-state index is 0.0642. The molecular formula is C12H12N2O4. The molecule has 1 unspecified atom stereocenters. The number of benzene rings is 1. The molecular weight excluding hydrogens is 236 g/mol. The molecule has 0 aliphatic carbocycles. The number of fused-ring (bicyclic) bond motifs is 1. The van der Waals surface area contributed by atoms with Gasteiger partial charge >= 0.3 is 0 Å². The van der Waals surface area contributed by atoms with Crippen LogP contribution < -0.4 is 15.1 Å². The van der Waals surface area contributed by atoms with E-state index in [2.05, 4.69) is 5.32 Å². The van der Waals surface area contributed by atoms with Crippen LogP contribution in [0.4, 0.5) is 5.69 Å². The van der Waals surface area contributed by atoms with Gasteiger partial charge in [0.05, 0.1) is 0 Å². The fourth-order valence-corrected chi connectivity index (χ4v) is 2.14. The van der Waals surface area contributed by atoms with Crippen molar-refractivity contribution in [3.8, 4) is 5.75 Å². The van der Waals surface area contributed by atoms with E-state index in [0.29, 0.717) is 24.3 Å². The van der Waals surface area contributed by atoms with E-state index < -0.39 is 6.04 Å². The molecule has 2 aliphatic heterocycles. The smallest absolute Gasteiger partial charge is 0.251 e. The lowest BCUT2D eigenvalue weighted by Crippen LogP contribution is -2.53. The fourth-order valence-electron chi connectivity index (χ4n) is 2.14. The third kappa shape index (κ3) is 1.80. The van der Waals surface area contributed by atoms with Crippen molar-refractivity contribution in [2.45, 2.75) is 18.9 Å². The Morgan fingerprint density at radius 1 is 1.28 bits per heavy atom. The summed E-state index contributed by atoms with van der Waals surface area (Å²) < 4.78 is 5.34. The number of imide groups is 1. The molecule has 1 atom stereocenters. The molecule has 94 valence electrons. The molecule has 0 radical (unpaired) electrons.